The normalized spacial score (nSPS) is 20.9. The highest BCUT2D eigenvalue weighted by Crippen LogP contribution is 2.55. The van der Waals surface area contributed by atoms with Gasteiger partial charge in [-0.3, -0.25) is 9.05 Å². The standard InChI is InChI=1S/C42H63ClN5O8P.C21H44O2.C15H17N5O4.C10H8ClN6O2P/c1-4-5-6-7-8-9-10-11-12-13-14-15-16-17-18-21-27-50-28-22-29-51-57(49,56-35-24-20-19-23-33(35)43)52-30-36-38-39(55-41(2,3)54-38)42(31-44,53-36)37-26-25-34-40(45)46-32-47-48(34)37;1-2-3-4-5-6-7-8-9-10-11-12-13-14-15-16-17-20-23-21-18-19-22;1-14(2)23-11-9(5-21)22-15(6-16,12(11)24-14)10-4-3-8-13(17)18-7-19-20(8)10;11-9-3-1-2-4-10(9)19-20(18,16-7-12-5-14-16)17-8-13-6-15-17/h19-20,23-26,32,36,38-39H,4-18,21-22,27-30H2,1-3H3,(H2,45,46,47);22H,2-21H2,1H3;3-4,7,9,11-12,21H,5H2,1-2H3,(H2,17,18,19);1-8H/t36-,38-,39-,42+,57?;;9-,11-,12-,15+;/m1.1./s1. The summed E-state index contributed by atoms with van der Waals surface area (Å²) < 4.78 is 104. The number of unbranched alkanes of at least 4 members (excludes halogenated alkanes) is 30. The average Bonchev–Trinajstić information content (AvgIpc) is 1.56. The Labute approximate surface area is 740 Å². The van der Waals surface area contributed by atoms with E-state index < -0.39 is 74.9 Å². The summed E-state index contributed by atoms with van der Waals surface area (Å²) in [6.45, 7) is 14.0. The molecule has 684 valence electrons. The van der Waals surface area contributed by atoms with Crippen molar-refractivity contribution in [3.63, 3.8) is 0 Å². The number of rotatable bonds is 54. The number of hydrogen-bond acceptors (Lipinski definition) is 28. The number of aliphatic hydroxyl groups excluding tert-OH is 2. The molecule has 0 spiro atoms. The average molecular weight is 1800 g/mol. The molecule has 0 radical (unpaired) electrons. The highest BCUT2D eigenvalue weighted by molar-refractivity contribution is 7.55. The van der Waals surface area contributed by atoms with Crippen LogP contribution in [0.3, 0.4) is 0 Å². The number of nitrogens with zero attached hydrogens (tertiary/aromatic N) is 14. The number of nitrogen functional groups attached to an aromatic ring is 2. The van der Waals surface area contributed by atoms with E-state index in [1.807, 2.05) is 0 Å². The lowest BCUT2D eigenvalue weighted by molar-refractivity contribution is -0.204. The number of fused-ring (bicyclic) bond motifs is 4. The van der Waals surface area contributed by atoms with Crippen LogP contribution in [0.5, 0.6) is 11.5 Å². The predicted molar refractivity (Wildman–Crippen MR) is 473 cm³/mol. The van der Waals surface area contributed by atoms with Gasteiger partial charge in [-0.2, -0.15) is 20.7 Å². The number of anilines is 2. The summed E-state index contributed by atoms with van der Waals surface area (Å²) in [5.74, 6) is -1.01. The van der Waals surface area contributed by atoms with Crippen molar-refractivity contribution in [3.8, 4) is 23.6 Å². The molecule has 8 aromatic rings. The molecule has 1 unspecified atom stereocenters. The molecule has 12 rings (SSSR count). The van der Waals surface area contributed by atoms with Gasteiger partial charge in [-0.15, -0.1) is 19.1 Å². The highest BCUT2D eigenvalue weighted by atomic mass is 35.5. The SMILES string of the molecule is CC1(C)O[C@H]2[C@@H](O1)[C@](C#N)(c1ccc3c(N)ncnn13)O[C@@H]2CO.CCCCCCCCCCCCCCCCCCOCCCO.CCCCCCCCCCCCCCCCCCOCCCOP(=O)(OC[C@H]1O[C@@](C#N)(c2ccc3c(N)ncnn23)[C@@H]2OC(C)(C)O[C@@H]21)Oc1ccccc1Cl.O=P(Oc1ccccc1Cl)(n1cncn1)n1cncn1. The molecule has 0 saturated carbocycles. The minimum absolute atomic E-state index is 0.0459. The lowest BCUT2D eigenvalue weighted by atomic mass is 9.92. The molecule has 36 heteroatoms. The number of ether oxygens (including phenoxy) is 8. The number of hydrogen-bond donors (Lipinski definition) is 4. The summed E-state index contributed by atoms with van der Waals surface area (Å²) in [7, 11) is -7.96. The largest absolute Gasteiger partial charge is 0.530 e. The fourth-order valence-electron chi connectivity index (χ4n) is 15.5. The van der Waals surface area contributed by atoms with Gasteiger partial charge in [0.15, 0.2) is 23.2 Å². The maximum Gasteiger partial charge on any atom is 0.530 e. The first kappa shape index (κ1) is 100. The molecule has 0 amide bonds. The zero-order chi connectivity index (χ0) is 88.5. The molecule has 2 aromatic carbocycles. The number of halogens is 2. The van der Waals surface area contributed by atoms with Gasteiger partial charge in [0, 0.05) is 33.0 Å². The lowest BCUT2D eigenvalue weighted by Crippen LogP contribution is -2.40. The number of phosphoric ester groups is 1. The first-order valence-electron chi connectivity index (χ1n) is 44.7. The molecule has 10 heterocycles. The Hall–Kier alpha value is -7.30. The maximum atomic E-state index is 14.2. The van der Waals surface area contributed by atoms with E-state index in [1.165, 1.54) is 240 Å². The van der Waals surface area contributed by atoms with Crippen molar-refractivity contribution < 1.29 is 75.3 Å². The van der Waals surface area contributed by atoms with Crippen LogP contribution in [0.2, 0.25) is 10.0 Å². The smallest absolute Gasteiger partial charge is 0.410 e. The van der Waals surface area contributed by atoms with E-state index in [1.54, 1.807) is 100 Å². The van der Waals surface area contributed by atoms with Crippen LogP contribution in [-0.4, -0.2) is 170 Å². The van der Waals surface area contributed by atoms with Gasteiger partial charge in [-0.1, -0.05) is 254 Å². The minimum atomic E-state index is -4.28. The molecule has 6 N–H and O–H groups in total. The number of nitrogens with two attached hydrogens (primary N) is 2. The van der Waals surface area contributed by atoms with E-state index in [4.69, 9.17) is 95.8 Å². The predicted octanol–water partition coefficient (Wildman–Crippen LogP) is 19.2. The van der Waals surface area contributed by atoms with E-state index in [9.17, 15) is 24.8 Å². The first-order chi connectivity index (χ1) is 60.1. The molecule has 6 aromatic heterocycles. The van der Waals surface area contributed by atoms with Crippen LogP contribution < -0.4 is 20.5 Å². The fourth-order valence-corrected chi connectivity index (χ4v) is 18.8. The third-order valence-electron chi connectivity index (χ3n) is 21.9. The van der Waals surface area contributed by atoms with Crippen LogP contribution in [0.15, 0.2) is 111 Å². The van der Waals surface area contributed by atoms with Crippen molar-refractivity contribution in [2.45, 2.75) is 319 Å². The number of benzene rings is 2. The number of para-hydroxylation sites is 2. The number of aromatic nitrogens is 12. The summed E-state index contributed by atoms with van der Waals surface area (Å²) in [4.78, 5) is 15.5. The summed E-state index contributed by atoms with van der Waals surface area (Å²) in [5, 5.41) is 55.7. The van der Waals surface area contributed by atoms with Crippen molar-refractivity contribution in [1.29, 1.82) is 10.5 Å². The van der Waals surface area contributed by atoms with Crippen LogP contribution >= 0.6 is 38.7 Å². The Balaban J connectivity index is 0.000000212. The zero-order valence-electron chi connectivity index (χ0n) is 73.2. The van der Waals surface area contributed by atoms with Crippen molar-refractivity contribution >= 4 is 61.4 Å². The summed E-state index contributed by atoms with van der Waals surface area (Å²) in [6, 6.07) is 24.6. The maximum absolute atomic E-state index is 14.2. The van der Waals surface area contributed by atoms with Crippen LogP contribution in [0.1, 0.15) is 271 Å². The van der Waals surface area contributed by atoms with E-state index in [0.29, 0.717) is 52.9 Å². The van der Waals surface area contributed by atoms with E-state index in [-0.39, 0.29) is 48.8 Å². The Morgan fingerprint density at radius 2 is 0.831 bits per heavy atom. The molecule has 4 aliphatic rings. The van der Waals surface area contributed by atoms with E-state index in [0.717, 1.165) is 41.4 Å². The van der Waals surface area contributed by atoms with Gasteiger partial charge in [-0.05, 0) is 102 Å². The summed E-state index contributed by atoms with van der Waals surface area (Å²) in [5.41, 5.74) is 10.7. The van der Waals surface area contributed by atoms with Gasteiger partial charge >= 0.3 is 15.5 Å². The minimum Gasteiger partial charge on any atom is -0.410 e. The monoisotopic (exact) mass is 1800 g/mol. The molecule has 4 saturated heterocycles. The summed E-state index contributed by atoms with van der Waals surface area (Å²) in [6.07, 6.45) is 48.1. The molecular weight excluding hydrogens is 1670 g/mol. The summed E-state index contributed by atoms with van der Waals surface area (Å²) >= 11 is 12.4. The Kier molecular flexibility index (Phi) is 42.3. The third-order valence-corrected chi connectivity index (χ3v) is 25.8. The van der Waals surface area contributed by atoms with Crippen LogP contribution in [-0.2, 0) is 67.3 Å². The first-order valence-corrected chi connectivity index (χ1v) is 48.4. The Bertz CT molecular complexity index is 4500. The lowest BCUT2D eigenvalue weighted by Gasteiger charge is -2.29. The van der Waals surface area contributed by atoms with Crippen LogP contribution in [0.25, 0.3) is 11.0 Å². The molecule has 4 aliphatic heterocycles. The Morgan fingerprint density at radius 3 is 1.22 bits per heavy atom. The van der Waals surface area contributed by atoms with Crippen LogP contribution in [0, 0.1) is 22.7 Å². The molecular formula is C88H132Cl2N16O16P2. The third kappa shape index (κ3) is 29.4. The second-order valence-corrected chi connectivity index (χ2v) is 36.9. The molecule has 124 heavy (non-hydrogen) atoms. The topological polar surface area (TPSA) is 407 Å². The van der Waals surface area contributed by atoms with Crippen molar-refractivity contribution in [2.24, 2.45) is 0 Å². The van der Waals surface area contributed by atoms with Crippen molar-refractivity contribution in [2.75, 3.05) is 64.3 Å². The van der Waals surface area contributed by atoms with Crippen molar-refractivity contribution in [3.05, 3.63) is 132 Å². The van der Waals surface area contributed by atoms with Gasteiger partial charge < -0.3 is 68.6 Å². The fraction of sp³-hybridized carbons (Fsp3) is 0.659. The van der Waals surface area contributed by atoms with Gasteiger partial charge in [0.2, 0.25) is 11.2 Å². The Morgan fingerprint density at radius 1 is 0.452 bits per heavy atom. The molecule has 32 nitrogen and oxygen atoms in total. The van der Waals surface area contributed by atoms with Gasteiger partial charge in [0.05, 0.1) is 41.3 Å². The molecule has 0 bridgehead atoms. The second kappa shape index (κ2) is 52.2. The quantitative estimate of drug-likeness (QED) is 0.0203. The zero-order valence-corrected chi connectivity index (χ0v) is 76.5. The van der Waals surface area contributed by atoms with Gasteiger partial charge in [0.25, 0.3) is 0 Å². The molecule has 4 fully saturated rings. The van der Waals surface area contributed by atoms with Gasteiger partial charge in [0.1, 0.15) is 109 Å². The second-order valence-electron chi connectivity index (χ2n) is 32.6. The molecule has 9 atom stereocenters. The number of nitriles is 2. The highest BCUT2D eigenvalue weighted by Gasteiger charge is 2.67. The van der Waals surface area contributed by atoms with E-state index in [2.05, 4.69) is 66.3 Å². The van der Waals surface area contributed by atoms with E-state index >= 15 is 0 Å². The van der Waals surface area contributed by atoms with Crippen molar-refractivity contribution in [1.82, 2.24) is 58.3 Å². The number of aliphatic hydroxyl groups is 2. The van der Waals surface area contributed by atoms with Crippen LogP contribution in [0.4, 0.5) is 11.6 Å². The molecule has 0 aliphatic carbocycles. The number of phosphoric acid groups is 1. The van der Waals surface area contributed by atoms with Gasteiger partial charge in [-0.25, -0.2) is 38.1 Å².